The lowest BCUT2D eigenvalue weighted by Gasteiger charge is -2.64. The van der Waals surface area contributed by atoms with Crippen LogP contribution in [0.4, 0.5) is 0 Å². The van der Waals surface area contributed by atoms with Gasteiger partial charge in [-0.2, -0.15) is 0 Å². The average molecular weight is 473 g/mol. The molecule has 6 aliphatic carbocycles. The molecule has 6 saturated carbocycles. The lowest BCUT2D eigenvalue weighted by molar-refractivity contribution is -0.210. The molecule has 4 nitrogen and oxygen atoms in total. The number of carbonyl (C=O) groups is 2. The van der Waals surface area contributed by atoms with Gasteiger partial charge in [-0.05, 0) is 105 Å². The van der Waals surface area contributed by atoms with Gasteiger partial charge in [-0.3, -0.25) is 9.59 Å². The van der Waals surface area contributed by atoms with Crippen molar-refractivity contribution in [1.82, 2.24) is 0 Å². The lowest BCUT2D eigenvalue weighted by atomic mass is 9.39. The maximum Gasteiger partial charge on any atom is 0.323 e. The minimum atomic E-state index is -1.43. The summed E-state index contributed by atoms with van der Waals surface area (Å²) in [7, 11) is 1.52. The second-order valence-corrected chi connectivity index (χ2v) is 18.8. The second kappa shape index (κ2) is 7.70. The lowest BCUT2D eigenvalue weighted by Crippen LogP contribution is -2.64. The van der Waals surface area contributed by atoms with Crippen molar-refractivity contribution in [2.45, 2.75) is 90.8 Å². The molecule has 0 N–H and O–H groups in total. The molecule has 6 aliphatic rings. The summed E-state index contributed by atoms with van der Waals surface area (Å²) in [5.74, 6) is 1.72. The molecule has 4 bridgehead atoms. The van der Waals surface area contributed by atoms with Crippen molar-refractivity contribution in [3.05, 3.63) is 11.3 Å². The number of esters is 2. The SMILES string of the molecule is COC(=O)C1(C(=O)OC)C2CC/C(=C\[Si](C)(C)C)[C@]2(C)CC[C@@H]1C12CC3CC(CC(C3)C1)C2. The first-order valence-corrected chi connectivity index (χ1v) is 17.0. The highest BCUT2D eigenvalue weighted by molar-refractivity contribution is 6.81. The molecule has 0 aromatic carbocycles. The molecule has 0 aliphatic heterocycles. The van der Waals surface area contributed by atoms with Crippen LogP contribution in [0.5, 0.6) is 0 Å². The number of ether oxygens (including phenoxy) is 2. The molecule has 6 rings (SSSR count). The normalized spacial score (nSPS) is 44.5. The molecular weight excluding hydrogens is 428 g/mol. The minimum absolute atomic E-state index is 0.0285. The number of carbonyl (C=O) groups excluding carboxylic acids is 2. The van der Waals surface area contributed by atoms with Crippen LogP contribution >= 0.6 is 0 Å². The van der Waals surface area contributed by atoms with Crippen molar-refractivity contribution in [1.29, 1.82) is 0 Å². The smallest absolute Gasteiger partial charge is 0.323 e. The molecule has 1 unspecified atom stereocenters. The Morgan fingerprint density at radius 3 is 1.85 bits per heavy atom. The van der Waals surface area contributed by atoms with Crippen molar-refractivity contribution < 1.29 is 19.1 Å². The van der Waals surface area contributed by atoms with Crippen molar-refractivity contribution in [3.63, 3.8) is 0 Å². The Kier molecular flexibility index (Phi) is 5.51. The third-order valence-electron chi connectivity index (χ3n) is 10.7. The Bertz CT molecular complexity index is 816. The van der Waals surface area contributed by atoms with E-state index in [1.165, 1.54) is 58.3 Å². The van der Waals surface area contributed by atoms with E-state index in [0.29, 0.717) is 0 Å². The predicted molar refractivity (Wildman–Crippen MR) is 132 cm³/mol. The van der Waals surface area contributed by atoms with E-state index in [1.54, 1.807) is 0 Å². The van der Waals surface area contributed by atoms with E-state index in [2.05, 4.69) is 32.3 Å². The van der Waals surface area contributed by atoms with Crippen LogP contribution in [0.2, 0.25) is 19.6 Å². The monoisotopic (exact) mass is 472 g/mol. The molecule has 0 heterocycles. The van der Waals surface area contributed by atoms with E-state index < -0.39 is 13.5 Å². The highest BCUT2D eigenvalue weighted by atomic mass is 28.3. The van der Waals surface area contributed by atoms with Gasteiger partial charge in [-0.15, -0.1) is 0 Å². The zero-order valence-electron chi connectivity index (χ0n) is 21.7. The van der Waals surface area contributed by atoms with Gasteiger partial charge in [0.25, 0.3) is 0 Å². The van der Waals surface area contributed by atoms with Gasteiger partial charge in [0, 0.05) is 0 Å². The first-order chi connectivity index (χ1) is 15.5. The first kappa shape index (κ1) is 23.6. The molecule has 184 valence electrons. The number of hydrogen-bond acceptors (Lipinski definition) is 4. The van der Waals surface area contributed by atoms with E-state index in [-0.39, 0.29) is 34.6 Å². The van der Waals surface area contributed by atoms with Gasteiger partial charge in [0.1, 0.15) is 0 Å². The molecule has 0 amide bonds. The van der Waals surface area contributed by atoms with E-state index in [9.17, 15) is 9.59 Å². The molecular formula is C28H44O4Si. The van der Waals surface area contributed by atoms with Crippen LogP contribution in [-0.2, 0) is 19.1 Å². The largest absolute Gasteiger partial charge is 0.468 e. The van der Waals surface area contributed by atoms with Crippen molar-refractivity contribution in [2.24, 2.45) is 45.8 Å². The second-order valence-electron chi connectivity index (χ2n) is 13.8. The predicted octanol–water partition coefficient (Wildman–Crippen LogP) is 6.17. The number of allylic oxidation sites excluding steroid dienone is 1. The zero-order chi connectivity index (χ0) is 23.8. The summed E-state index contributed by atoms with van der Waals surface area (Å²) in [5.41, 5.74) is 2.85. The zero-order valence-corrected chi connectivity index (χ0v) is 22.7. The Hall–Kier alpha value is -1.10. The summed E-state index contributed by atoms with van der Waals surface area (Å²) in [6.07, 6.45) is 11.6. The van der Waals surface area contributed by atoms with Crippen LogP contribution < -0.4 is 0 Å². The van der Waals surface area contributed by atoms with Gasteiger partial charge >= 0.3 is 11.9 Å². The molecule has 0 aromatic rings. The van der Waals surface area contributed by atoms with Crippen molar-refractivity contribution in [2.75, 3.05) is 14.2 Å². The topological polar surface area (TPSA) is 52.6 Å². The quantitative estimate of drug-likeness (QED) is 0.279. The maximum atomic E-state index is 13.9. The molecule has 0 spiro atoms. The molecule has 0 radical (unpaired) electrons. The fourth-order valence-electron chi connectivity index (χ4n) is 10.3. The molecule has 0 saturated heterocycles. The van der Waals surface area contributed by atoms with Gasteiger partial charge in [-0.25, -0.2) is 0 Å². The van der Waals surface area contributed by atoms with Crippen molar-refractivity contribution >= 4 is 20.0 Å². The van der Waals surface area contributed by atoms with Gasteiger partial charge in [0.15, 0.2) is 5.41 Å². The Morgan fingerprint density at radius 1 is 0.879 bits per heavy atom. The number of rotatable bonds is 4. The number of hydrogen-bond donors (Lipinski definition) is 0. The molecule has 33 heavy (non-hydrogen) atoms. The van der Waals surface area contributed by atoms with Crippen LogP contribution in [0.1, 0.15) is 71.1 Å². The maximum absolute atomic E-state index is 13.9. The highest BCUT2D eigenvalue weighted by Crippen LogP contribution is 2.72. The minimum Gasteiger partial charge on any atom is -0.468 e. The van der Waals surface area contributed by atoms with E-state index >= 15 is 0 Å². The molecule has 3 atom stereocenters. The Morgan fingerprint density at radius 2 is 1.39 bits per heavy atom. The van der Waals surface area contributed by atoms with Gasteiger partial charge in [-0.1, -0.05) is 37.8 Å². The van der Waals surface area contributed by atoms with Gasteiger partial charge in [0.05, 0.1) is 22.3 Å². The van der Waals surface area contributed by atoms with E-state index in [4.69, 9.17) is 9.47 Å². The van der Waals surface area contributed by atoms with E-state index in [0.717, 1.165) is 43.4 Å². The summed E-state index contributed by atoms with van der Waals surface area (Å²) in [5, 5.41) is 0. The Labute approximate surface area is 201 Å². The molecule has 6 fully saturated rings. The van der Waals surface area contributed by atoms with Crippen LogP contribution in [0.15, 0.2) is 11.3 Å². The van der Waals surface area contributed by atoms with Crippen LogP contribution in [0, 0.1) is 45.8 Å². The standard InChI is InChI=1S/C28H44O4Si/c1-26-10-9-23(27-14-18-11-19(15-27)13-20(12-18)16-27)28(24(29)31-2,25(30)32-3)22(26)8-7-21(26)17-33(4,5)6/h17-20,22-23H,7-16H2,1-6H3/b21-17+/t18?,19?,20?,22?,23-,26+,27?/m1/s1. The summed E-state index contributed by atoms with van der Waals surface area (Å²) < 4.78 is 11.1. The van der Waals surface area contributed by atoms with Gasteiger partial charge < -0.3 is 9.47 Å². The third kappa shape index (κ3) is 3.34. The third-order valence-corrected chi connectivity index (χ3v) is 11.9. The highest BCUT2D eigenvalue weighted by Gasteiger charge is 2.73. The number of methoxy groups -OCH3 is 2. The van der Waals surface area contributed by atoms with Crippen LogP contribution in [0.3, 0.4) is 0 Å². The first-order valence-electron chi connectivity index (χ1n) is 13.4. The van der Waals surface area contributed by atoms with Crippen molar-refractivity contribution in [3.8, 4) is 0 Å². The summed E-state index contributed by atoms with van der Waals surface area (Å²) in [6.45, 7) is 9.48. The van der Waals surface area contributed by atoms with Crippen LogP contribution in [-0.4, -0.2) is 34.2 Å². The van der Waals surface area contributed by atoms with Gasteiger partial charge in [0.2, 0.25) is 0 Å². The Balaban J connectivity index is 1.65. The summed E-state index contributed by atoms with van der Waals surface area (Å²) in [6, 6.07) is 0. The number of fused-ring (bicyclic) bond motifs is 1. The fraction of sp³-hybridized carbons (Fsp3) is 0.857. The van der Waals surface area contributed by atoms with E-state index in [1.807, 2.05) is 0 Å². The van der Waals surface area contributed by atoms with Crippen LogP contribution in [0.25, 0.3) is 0 Å². The molecule has 5 heteroatoms. The summed E-state index contributed by atoms with van der Waals surface area (Å²) in [4.78, 5) is 27.9. The average Bonchev–Trinajstić information content (AvgIpc) is 3.05. The molecule has 0 aromatic heterocycles. The summed E-state index contributed by atoms with van der Waals surface area (Å²) >= 11 is 0. The fourth-order valence-corrected chi connectivity index (χ4v) is 11.8.